The van der Waals surface area contributed by atoms with Crippen molar-refractivity contribution in [3.63, 3.8) is 0 Å². The van der Waals surface area contributed by atoms with Gasteiger partial charge in [0.1, 0.15) is 0 Å². The van der Waals surface area contributed by atoms with Gasteiger partial charge in [0.15, 0.2) is 6.23 Å². The van der Waals surface area contributed by atoms with Crippen molar-refractivity contribution in [1.29, 1.82) is 0 Å². The highest BCUT2D eigenvalue weighted by Crippen LogP contribution is 2.19. The summed E-state index contributed by atoms with van der Waals surface area (Å²) in [5, 5.41) is 10.8. The van der Waals surface area contributed by atoms with Gasteiger partial charge in [-0.2, -0.15) is 0 Å². The molecule has 0 aliphatic carbocycles. The molecule has 0 heterocycles. The zero-order chi connectivity index (χ0) is 30.8. The van der Waals surface area contributed by atoms with Gasteiger partial charge in [-0.3, -0.25) is 0 Å². The highest BCUT2D eigenvalue weighted by Gasteiger charge is 2.28. The summed E-state index contributed by atoms with van der Waals surface area (Å²) in [5.74, 6) is 0. The first-order valence-electron chi connectivity index (χ1n) is 20.1. The van der Waals surface area contributed by atoms with Crippen LogP contribution in [0.3, 0.4) is 0 Å². The fraction of sp³-hybridized carbons (Fsp3) is 1.00. The molecule has 0 aromatic rings. The predicted octanol–water partition coefficient (Wildman–Crippen LogP) is 10.7. The molecule has 1 N–H and O–H groups in total. The molecule has 0 aromatic carbocycles. The van der Waals surface area contributed by atoms with Crippen LogP contribution in [0.15, 0.2) is 0 Å². The molecule has 3 heteroatoms. The Hall–Kier alpha value is 0.210. The van der Waals surface area contributed by atoms with Gasteiger partial charge in [-0.25, -0.2) is 0 Å². The van der Waals surface area contributed by atoms with Gasteiger partial charge in [0, 0.05) is 6.42 Å². The van der Waals surface area contributed by atoms with E-state index in [1.165, 1.54) is 205 Å². The minimum absolute atomic E-state index is 0. The quantitative estimate of drug-likeness (QED) is 0.0415. The predicted molar refractivity (Wildman–Crippen MR) is 191 cm³/mol. The van der Waals surface area contributed by atoms with Crippen molar-refractivity contribution in [3.05, 3.63) is 0 Å². The Labute approximate surface area is 280 Å². The second-order valence-corrected chi connectivity index (χ2v) is 14.4. The zero-order valence-corrected chi connectivity index (χ0v) is 31.4. The highest BCUT2D eigenvalue weighted by atomic mass is 35.5. The van der Waals surface area contributed by atoms with Crippen molar-refractivity contribution in [2.45, 2.75) is 239 Å². The van der Waals surface area contributed by atoms with Gasteiger partial charge in [-0.1, -0.05) is 201 Å². The molecule has 1 unspecified atom stereocenters. The standard InChI is InChI=1S/C40H84NO.ClH/c1-5-8-10-12-14-16-18-20-22-24-26-28-30-32-34-36-38-41(4,40(42)7-3)39-37-35-33-31-29-27-25-23-21-19-17-15-13-11-9-6-2;/h40,42H,5-39H2,1-4H3;1H/q+1;/p-1. The third-order valence-electron chi connectivity index (χ3n) is 10.1. The van der Waals surface area contributed by atoms with Crippen molar-refractivity contribution in [3.8, 4) is 0 Å². The lowest BCUT2D eigenvalue weighted by molar-refractivity contribution is -0.954. The molecule has 43 heavy (non-hydrogen) atoms. The van der Waals surface area contributed by atoms with Crippen LogP contribution in [0.1, 0.15) is 233 Å². The van der Waals surface area contributed by atoms with Crippen LogP contribution in [0, 0.1) is 0 Å². The number of hydrogen-bond acceptors (Lipinski definition) is 1. The summed E-state index contributed by atoms with van der Waals surface area (Å²) < 4.78 is 0.883. The second kappa shape index (κ2) is 36.7. The Morgan fingerprint density at radius 2 is 0.535 bits per heavy atom. The third-order valence-corrected chi connectivity index (χ3v) is 10.1. The second-order valence-electron chi connectivity index (χ2n) is 14.4. The van der Waals surface area contributed by atoms with E-state index in [2.05, 4.69) is 27.8 Å². The number of unbranched alkanes of at least 4 members (excludes halogenated alkanes) is 30. The Morgan fingerprint density at radius 1 is 0.349 bits per heavy atom. The van der Waals surface area contributed by atoms with Crippen molar-refractivity contribution >= 4 is 0 Å². The van der Waals surface area contributed by atoms with Crippen molar-refractivity contribution in [1.82, 2.24) is 0 Å². The van der Waals surface area contributed by atoms with E-state index in [4.69, 9.17) is 0 Å². The summed E-state index contributed by atoms with van der Waals surface area (Å²) in [4.78, 5) is 0. The molecule has 0 amide bonds. The fourth-order valence-corrected chi connectivity index (χ4v) is 6.89. The molecular formula is C40H84ClNO. The first-order chi connectivity index (χ1) is 20.6. The fourth-order valence-electron chi connectivity index (χ4n) is 6.89. The van der Waals surface area contributed by atoms with Crippen LogP contribution in [0.4, 0.5) is 0 Å². The van der Waals surface area contributed by atoms with E-state index in [0.717, 1.165) is 24.0 Å². The number of rotatable bonds is 36. The summed E-state index contributed by atoms with van der Waals surface area (Å²) in [6.45, 7) is 9.08. The molecular weight excluding hydrogens is 546 g/mol. The number of halogens is 1. The van der Waals surface area contributed by atoms with Crippen LogP contribution in [0.2, 0.25) is 0 Å². The Morgan fingerprint density at radius 3 is 0.721 bits per heavy atom. The molecule has 0 saturated heterocycles. The molecule has 1 atom stereocenters. The molecule has 0 aliphatic heterocycles. The molecule has 0 radical (unpaired) electrons. The maximum absolute atomic E-state index is 10.8. The first-order valence-corrected chi connectivity index (χ1v) is 20.1. The SMILES string of the molecule is CCCCCCCCCCCCCCCCCC[N+](C)(CCCCCCCCCCCCCCCCCC)C(O)CC.[Cl-]. The lowest BCUT2D eigenvalue weighted by Gasteiger charge is -2.38. The highest BCUT2D eigenvalue weighted by molar-refractivity contribution is 4.54. The smallest absolute Gasteiger partial charge is 0.190 e. The van der Waals surface area contributed by atoms with E-state index in [1.54, 1.807) is 0 Å². The Kier molecular flexibility index (Phi) is 38.7. The monoisotopic (exact) mass is 630 g/mol. The lowest BCUT2D eigenvalue weighted by Crippen LogP contribution is -3.00. The van der Waals surface area contributed by atoms with Crippen LogP contribution in [0.5, 0.6) is 0 Å². The molecule has 2 nitrogen and oxygen atoms in total. The number of nitrogens with zero attached hydrogens (tertiary/aromatic N) is 1. The van der Waals surface area contributed by atoms with Crippen molar-refractivity contribution < 1.29 is 22.0 Å². The number of aliphatic hydroxyl groups excluding tert-OH is 1. The van der Waals surface area contributed by atoms with E-state index in [-0.39, 0.29) is 18.6 Å². The van der Waals surface area contributed by atoms with E-state index in [0.29, 0.717) is 0 Å². The van der Waals surface area contributed by atoms with E-state index in [1.807, 2.05) is 0 Å². The van der Waals surface area contributed by atoms with Gasteiger partial charge in [0.05, 0.1) is 20.1 Å². The topological polar surface area (TPSA) is 20.2 Å². The van der Waals surface area contributed by atoms with Gasteiger partial charge in [-0.15, -0.1) is 0 Å². The molecule has 262 valence electrons. The minimum atomic E-state index is -0.183. The number of quaternary nitrogens is 1. The molecule has 0 fully saturated rings. The minimum Gasteiger partial charge on any atom is -1.00 e. The van der Waals surface area contributed by atoms with Crippen LogP contribution in [-0.2, 0) is 0 Å². The van der Waals surface area contributed by atoms with E-state index < -0.39 is 0 Å². The van der Waals surface area contributed by atoms with E-state index in [9.17, 15) is 5.11 Å². The molecule has 0 saturated carbocycles. The average Bonchev–Trinajstić information content (AvgIpc) is 3.00. The molecule has 0 bridgehead atoms. The van der Waals surface area contributed by atoms with Gasteiger partial charge in [0.25, 0.3) is 0 Å². The molecule has 0 spiro atoms. The normalized spacial score (nSPS) is 12.5. The summed E-state index contributed by atoms with van der Waals surface area (Å²) >= 11 is 0. The number of hydrogen-bond donors (Lipinski definition) is 1. The summed E-state index contributed by atoms with van der Waals surface area (Å²) in [6, 6.07) is 0. The van der Waals surface area contributed by atoms with Crippen LogP contribution < -0.4 is 12.4 Å². The van der Waals surface area contributed by atoms with Crippen molar-refractivity contribution in [2.75, 3.05) is 20.1 Å². The largest absolute Gasteiger partial charge is 1.00 e. The van der Waals surface area contributed by atoms with Gasteiger partial charge in [-0.05, 0) is 25.7 Å². The maximum Gasteiger partial charge on any atom is 0.190 e. The maximum atomic E-state index is 10.8. The molecule has 0 aliphatic rings. The third kappa shape index (κ3) is 32.0. The van der Waals surface area contributed by atoms with Crippen LogP contribution in [-0.4, -0.2) is 36.0 Å². The van der Waals surface area contributed by atoms with Gasteiger partial charge >= 0.3 is 0 Å². The average molecular weight is 631 g/mol. The van der Waals surface area contributed by atoms with Gasteiger partial charge < -0.3 is 22.0 Å². The Balaban J connectivity index is 0. The summed E-state index contributed by atoms with van der Waals surface area (Å²) in [5.41, 5.74) is 0. The molecule has 0 rings (SSSR count). The first kappa shape index (κ1) is 45.3. The zero-order valence-electron chi connectivity index (χ0n) is 30.6. The Bertz CT molecular complexity index is 463. The van der Waals surface area contributed by atoms with Gasteiger partial charge in [0.2, 0.25) is 0 Å². The van der Waals surface area contributed by atoms with E-state index >= 15 is 0 Å². The molecule has 0 aromatic heterocycles. The summed E-state index contributed by atoms with van der Waals surface area (Å²) in [6.07, 6.45) is 46.2. The summed E-state index contributed by atoms with van der Waals surface area (Å²) in [7, 11) is 2.32. The van der Waals surface area contributed by atoms with Crippen LogP contribution in [0.25, 0.3) is 0 Å². The lowest BCUT2D eigenvalue weighted by atomic mass is 10.0. The van der Waals surface area contributed by atoms with Crippen molar-refractivity contribution in [2.24, 2.45) is 0 Å². The number of aliphatic hydroxyl groups is 1. The van der Waals surface area contributed by atoms with Crippen LogP contribution >= 0.6 is 0 Å².